The highest BCUT2D eigenvalue weighted by atomic mass is 16.5. The number of hydrogen-bond donors (Lipinski definition) is 1. The second-order valence-corrected chi connectivity index (χ2v) is 8.21. The number of aryl methyl sites for hydroxylation is 1. The fourth-order valence-electron chi connectivity index (χ4n) is 4.10. The van der Waals surface area contributed by atoms with Gasteiger partial charge in [-0.2, -0.15) is 5.26 Å². The zero-order chi connectivity index (χ0) is 21.0. The van der Waals surface area contributed by atoms with Gasteiger partial charge in [0.2, 0.25) is 0 Å². The number of nitriles is 1. The van der Waals surface area contributed by atoms with Crippen LogP contribution in [0.3, 0.4) is 0 Å². The highest BCUT2D eigenvalue weighted by molar-refractivity contribution is 6.01. The number of aromatic nitrogens is 2. The van der Waals surface area contributed by atoms with Crippen molar-refractivity contribution in [2.45, 2.75) is 78.3 Å². The Morgan fingerprint density at radius 3 is 2.69 bits per heavy atom. The van der Waals surface area contributed by atoms with Crippen molar-refractivity contribution in [2.24, 2.45) is 0 Å². The molecular weight excluding hydrogens is 364 g/mol. The van der Waals surface area contributed by atoms with Gasteiger partial charge in [-0.15, -0.1) is 0 Å². The number of rotatable bonds is 6. The zero-order valence-corrected chi connectivity index (χ0v) is 17.8. The second-order valence-electron chi connectivity index (χ2n) is 8.21. The Morgan fingerprint density at radius 1 is 1.34 bits per heavy atom. The number of nitrogens with zero attached hydrogens (tertiary/aromatic N) is 3. The zero-order valence-electron chi connectivity index (χ0n) is 17.8. The lowest BCUT2D eigenvalue weighted by Gasteiger charge is -2.26. The van der Waals surface area contributed by atoms with E-state index >= 15 is 0 Å². The maximum absolute atomic E-state index is 12.5. The van der Waals surface area contributed by atoms with E-state index in [0.29, 0.717) is 11.8 Å². The monoisotopic (exact) mass is 394 g/mol. The topological polar surface area (TPSA) is 83.8 Å². The molecule has 2 aromatic heterocycles. The SMILES string of the molecule is Cc1cc(/C=C(\C#N)C(=O)NCc2cc(C(C)C)no2)c(C)n1C1CCCCC1. The van der Waals surface area contributed by atoms with Gasteiger partial charge in [-0.1, -0.05) is 38.3 Å². The summed E-state index contributed by atoms with van der Waals surface area (Å²) >= 11 is 0. The molecule has 0 aromatic carbocycles. The Bertz CT molecular complexity index is 937. The smallest absolute Gasteiger partial charge is 0.262 e. The first-order valence-electron chi connectivity index (χ1n) is 10.4. The fourth-order valence-corrected chi connectivity index (χ4v) is 4.10. The molecule has 0 radical (unpaired) electrons. The van der Waals surface area contributed by atoms with Gasteiger partial charge in [-0.25, -0.2) is 0 Å². The molecule has 1 aliphatic rings. The van der Waals surface area contributed by atoms with Crippen LogP contribution in [0.1, 0.15) is 86.3 Å². The van der Waals surface area contributed by atoms with E-state index in [4.69, 9.17) is 4.52 Å². The Balaban J connectivity index is 1.73. The lowest BCUT2D eigenvalue weighted by Crippen LogP contribution is -2.23. The Labute approximate surface area is 172 Å². The van der Waals surface area contributed by atoms with Gasteiger partial charge in [0.1, 0.15) is 11.6 Å². The van der Waals surface area contributed by atoms with Crippen molar-refractivity contribution in [3.8, 4) is 6.07 Å². The van der Waals surface area contributed by atoms with Crippen molar-refractivity contribution >= 4 is 12.0 Å². The van der Waals surface area contributed by atoms with E-state index in [1.165, 1.54) is 37.8 Å². The molecule has 6 nitrogen and oxygen atoms in total. The van der Waals surface area contributed by atoms with Gasteiger partial charge < -0.3 is 14.4 Å². The van der Waals surface area contributed by atoms with Crippen LogP contribution in [0.25, 0.3) is 6.08 Å². The number of amides is 1. The predicted molar refractivity (Wildman–Crippen MR) is 112 cm³/mol. The molecule has 1 amide bonds. The van der Waals surface area contributed by atoms with Crippen molar-refractivity contribution < 1.29 is 9.32 Å². The summed E-state index contributed by atoms with van der Waals surface area (Å²) in [5, 5.41) is 16.3. The molecule has 0 atom stereocenters. The first-order valence-corrected chi connectivity index (χ1v) is 10.4. The molecule has 154 valence electrons. The third kappa shape index (κ3) is 4.79. The number of nitrogens with one attached hydrogen (secondary N) is 1. The second kappa shape index (κ2) is 9.13. The molecule has 1 aliphatic carbocycles. The maximum Gasteiger partial charge on any atom is 0.262 e. The van der Waals surface area contributed by atoms with Crippen LogP contribution in [0.5, 0.6) is 0 Å². The van der Waals surface area contributed by atoms with Gasteiger partial charge in [0.15, 0.2) is 5.76 Å². The van der Waals surface area contributed by atoms with Crippen LogP contribution >= 0.6 is 0 Å². The van der Waals surface area contributed by atoms with E-state index in [1.807, 2.05) is 26.0 Å². The number of hydrogen-bond acceptors (Lipinski definition) is 4. The van der Waals surface area contributed by atoms with Crippen LogP contribution in [-0.4, -0.2) is 15.6 Å². The summed E-state index contributed by atoms with van der Waals surface area (Å²) in [6.45, 7) is 8.43. The Hall–Kier alpha value is -2.81. The van der Waals surface area contributed by atoms with Gasteiger partial charge in [-0.05, 0) is 50.3 Å². The van der Waals surface area contributed by atoms with Crippen LogP contribution in [0.4, 0.5) is 0 Å². The van der Waals surface area contributed by atoms with Crippen molar-refractivity contribution in [3.63, 3.8) is 0 Å². The molecule has 1 fully saturated rings. The van der Waals surface area contributed by atoms with Gasteiger partial charge in [0.05, 0.1) is 12.2 Å². The molecule has 0 aliphatic heterocycles. The summed E-state index contributed by atoms with van der Waals surface area (Å²) in [6, 6.07) is 6.46. The lowest BCUT2D eigenvalue weighted by molar-refractivity contribution is -0.117. The van der Waals surface area contributed by atoms with E-state index in [1.54, 1.807) is 6.08 Å². The summed E-state index contributed by atoms with van der Waals surface area (Å²) in [4.78, 5) is 12.5. The molecule has 2 aromatic rings. The predicted octanol–water partition coefficient (Wildman–Crippen LogP) is 4.94. The van der Waals surface area contributed by atoms with Gasteiger partial charge in [0.25, 0.3) is 5.91 Å². The molecule has 0 unspecified atom stereocenters. The number of carbonyl (C=O) groups is 1. The molecule has 1 N–H and O–H groups in total. The van der Waals surface area contributed by atoms with Gasteiger partial charge >= 0.3 is 0 Å². The van der Waals surface area contributed by atoms with Crippen LogP contribution in [0, 0.1) is 25.2 Å². The van der Waals surface area contributed by atoms with E-state index in [-0.39, 0.29) is 18.0 Å². The minimum absolute atomic E-state index is 0.0949. The third-order valence-corrected chi connectivity index (χ3v) is 5.72. The molecule has 0 spiro atoms. The van der Waals surface area contributed by atoms with Crippen molar-refractivity contribution in [1.29, 1.82) is 5.26 Å². The highest BCUT2D eigenvalue weighted by Gasteiger charge is 2.20. The lowest BCUT2D eigenvalue weighted by atomic mass is 9.95. The molecule has 1 saturated carbocycles. The summed E-state index contributed by atoms with van der Waals surface area (Å²) in [6.07, 6.45) is 7.92. The van der Waals surface area contributed by atoms with Crippen molar-refractivity contribution in [1.82, 2.24) is 15.0 Å². The molecule has 0 saturated heterocycles. The number of carbonyl (C=O) groups excluding carboxylic acids is 1. The Morgan fingerprint density at radius 2 is 2.07 bits per heavy atom. The van der Waals surface area contributed by atoms with Crippen LogP contribution < -0.4 is 5.32 Å². The molecule has 29 heavy (non-hydrogen) atoms. The normalized spacial score (nSPS) is 15.5. The van der Waals surface area contributed by atoms with Gasteiger partial charge in [0, 0.05) is 23.5 Å². The average Bonchev–Trinajstić information content (AvgIpc) is 3.29. The van der Waals surface area contributed by atoms with Crippen molar-refractivity contribution in [3.05, 3.63) is 46.1 Å². The quantitative estimate of drug-likeness (QED) is 0.555. The first kappa shape index (κ1) is 20.9. The molecule has 6 heteroatoms. The molecular formula is C23H30N4O2. The molecule has 3 rings (SSSR count). The maximum atomic E-state index is 12.5. The van der Waals surface area contributed by atoms with Crippen LogP contribution in [0.15, 0.2) is 22.2 Å². The summed E-state index contributed by atoms with van der Waals surface area (Å²) in [7, 11) is 0. The fraction of sp³-hybridized carbons (Fsp3) is 0.522. The highest BCUT2D eigenvalue weighted by Crippen LogP contribution is 2.32. The van der Waals surface area contributed by atoms with E-state index < -0.39 is 5.91 Å². The van der Waals surface area contributed by atoms with Gasteiger partial charge in [-0.3, -0.25) is 4.79 Å². The molecule has 0 bridgehead atoms. The van der Waals surface area contributed by atoms with Crippen molar-refractivity contribution in [2.75, 3.05) is 0 Å². The summed E-state index contributed by atoms with van der Waals surface area (Å²) in [5.74, 6) is 0.435. The van der Waals surface area contributed by atoms with E-state index in [0.717, 1.165) is 17.0 Å². The first-order chi connectivity index (χ1) is 13.9. The standard InChI is InChI=1S/C23H30N4O2/c1-15(2)22-12-21(29-26-22)14-25-23(28)19(13-24)11-18-10-16(3)27(17(18)4)20-8-6-5-7-9-20/h10-12,15,20H,5-9,14H2,1-4H3,(H,25,28)/b19-11+. The molecule has 2 heterocycles. The third-order valence-electron chi connectivity index (χ3n) is 5.72. The van der Waals surface area contributed by atoms with Crippen LogP contribution in [-0.2, 0) is 11.3 Å². The van der Waals surface area contributed by atoms with E-state index in [9.17, 15) is 10.1 Å². The summed E-state index contributed by atoms with van der Waals surface area (Å²) < 4.78 is 7.62. The average molecular weight is 395 g/mol. The Kier molecular flexibility index (Phi) is 6.58. The summed E-state index contributed by atoms with van der Waals surface area (Å²) in [5.41, 5.74) is 4.17. The minimum atomic E-state index is -0.405. The van der Waals surface area contributed by atoms with Crippen LogP contribution in [0.2, 0.25) is 0 Å². The van der Waals surface area contributed by atoms with E-state index in [2.05, 4.69) is 35.0 Å². The minimum Gasteiger partial charge on any atom is -0.359 e. The largest absolute Gasteiger partial charge is 0.359 e.